The lowest BCUT2D eigenvalue weighted by molar-refractivity contribution is 0.960. The van der Waals surface area contributed by atoms with E-state index in [9.17, 15) is 0 Å². The fraction of sp³-hybridized carbons (Fsp3) is 0.500. The molecule has 0 saturated heterocycles. The number of anilines is 1. The second kappa shape index (κ2) is 4.47. The summed E-state index contributed by atoms with van der Waals surface area (Å²) in [4.78, 5) is 2.16. The molecule has 0 fully saturated rings. The maximum atomic E-state index is 5.56. The molecule has 1 rings (SSSR count). The van der Waals surface area contributed by atoms with Crippen LogP contribution in [0.2, 0.25) is 0 Å². The van der Waals surface area contributed by atoms with E-state index in [1.807, 2.05) is 0 Å². The van der Waals surface area contributed by atoms with Crippen molar-refractivity contribution in [1.82, 2.24) is 0 Å². The number of benzene rings is 1. The molecule has 0 aliphatic carbocycles. The molecule has 0 spiro atoms. The lowest BCUT2D eigenvalue weighted by atomic mass is 10.0. The number of hydrogen-bond acceptors (Lipinski definition) is 2. The van der Waals surface area contributed by atoms with Crippen LogP contribution in [0.1, 0.15) is 16.7 Å². The Kier molecular flexibility index (Phi) is 3.53. The van der Waals surface area contributed by atoms with E-state index in [4.69, 9.17) is 5.73 Å². The van der Waals surface area contributed by atoms with Gasteiger partial charge in [0.25, 0.3) is 0 Å². The Bertz CT molecular complexity index is 316. The van der Waals surface area contributed by atoms with Gasteiger partial charge in [0.15, 0.2) is 0 Å². The van der Waals surface area contributed by atoms with Gasteiger partial charge < -0.3 is 10.6 Å². The molecular weight excluding hydrogens is 172 g/mol. The third-order valence-corrected chi connectivity index (χ3v) is 2.61. The first-order chi connectivity index (χ1) is 6.56. The Morgan fingerprint density at radius 1 is 1.21 bits per heavy atom. The molecule has 0 heterocycles. The normalized spacial score (nSPS) is 10.4. The molecule has 0 radical (unpaired) electrons. The van der Waals surface area contributed by atoms with Crippen molar-refractivity contribution in [2.24, 2.45) is 5.73 Å². The molecule has 0 aromatic heterocycles. The highest BCUT2D eigenvalue weighted by Crippen LogP contribution is 2.23. The van der Waals surface area contributed by atoms with Gasteiger partial charge >= 0.3 is 0 Å². The third kappa shape index (κ3) is 2.26. The van der Waals surface area contributed by atoms with Crippen molar-refractivity contribution in [2.45, 2.75) is 20.3 Å². The van der Waals surface area contributed by atoms with Gasteiger partial charge in [-0.15, -0.1) is 0 Å². The minimum Gasteiger partial charge on any atom is -0.377 e. The van der Waals surface area contributed by atoms with E-state index in [2.05, 4.69) is 45.0 Å². The van der Waals surface area contributed by atoms with E-state index in [0.717, 1.165) is 13.0 Å². The lowest BCUT2D eigenvalue weighted by Crippen LogP contribution is -2.12. The molecule has 14 heavy (non-hydrogen) atoms. The first kappa shape index (κ1) is 11.1. The highest BCUT2D eigenvalue weighted by Gasteiger charge is 2.05. The van der Waals surface area contributed by atoms with E-state index in [1.54, 1.807) is 0 Å². The largest absolute Gasteiger partial charge is 0.377 e. The van der Waals surface area contributed by atoms with Crippen molar-refractivity contribution < 1.29 is 0 Å². The number of aryl methyl sites for hydroxylation is 1. The van der Waals surface area contributed by atoms with Gasteiger partial charge in [0.1, 0.15) is 0 Å². The minimum absolute atomic E-state index is 0.718. The maximum Gasteiger partial charge on any atom is 0.0396 e. The SMILES string of the molecule is Cc1cc(CCN)cc(N(C)C)c1C. The highest BCUT2D eigenvalue weighted by molar-refractivity contribution is 5.57. The van der Waals surface area contributed by atoms with Crippen LogP contribution in [0.15, 0.2) is 12.1 Å². The zero-order chi connectivity index (χ0) is 10.7. The Labute approximate surface area is 86.7 Å². The lowest BCUT2D eigenvalue weighted by Gasteiger charge is -2.18. The van der Waals surface area contributed by atoms with Gasteiger partial charge in [-0.1, -0.05) is 6.07 Å². The number of rotatable bonds is 3. The van der Waals surface area contributed by atoms with Crippen molar-refractivity contribution in [3.8, 4) is 0 Å². The van der Waals surface area contributed by atoms with Crippen molar-refractivity contribution in [3.05, 3.63) is 28.8 Å². The monoisotopic (exact) mass is 192 g/mol. The molecular formula is C12H20N2. The summed E-state index contributed by atoms with van der Waals surface area (Å²) >= 11 is 0. The molecule has 0 saturated carbocycles. The molecule has 0 aliphatic rings. The van der Waals surface area contributed by atoms with Crippen molar-refractivity contribution in [1.29, 1.82) is 0 Å². The van der Waals surface area contributed by atoms with Crippen LogP contribution in [0.4, 0.5) is 5.69 Å². The predicted octanol–water partition coefficient (Wildman–Crippen LogP) is 1.87. The average Bonchev–Trinajstić information content (AvgIpc) is 2.11. The van der Waals surface area contributed by atoms with Crippen molar-refractivity contribution >= 4 is 5.69 Å². The quantitative estimate of drug-likeness (QED) is 0.792. The molecule has 0 bridgehead atoms. The van der Waals surface area contributed by atoms with Gasteiger partial charge in [-0.25, -0.2) is 0 Å². The Morgan fingerprint density at radius 3 is 2.36 bits per heavy atom. The molecule has 0 aliphatic heterocycles. The first-order valence-corrected chi connectivity index (χ1v) is 5.03. The molecule has 0 amide bonds. The van der Waals surface area contributed by atoms with E-state index in [0.29, 0.717) is 0 Å². The van der Waals surface area contributed by atoms with Gasteiger partial charge in [-0.3, -0.25) is 0 Å². The van der Waals surface area contributed by atoms with Crippen LogP contribution < -0.4 is 10.6 Å². The Balaban J connectivity index is 3.14. The zero-order valence-electron chi connectivity index (χ0n) is 9.59. The van der Waals surface area contributed by atoms with E-state index in [1.165, 1.54) is 22.4 Å². The van der Waals surface area contributed by atoms with Crippen LogP contribution in [0.5, 0.6) is 0 Å². The zero-order valence-corrected chi connectivity index (χ0v) is 9.59. The van der Waals surface area contributed by atoms with Crippen LogP contribution >= 0.6 is 0 Å². The fourth-order valence-corrected chi connectivity index (χ4v) is 1.69. The third-order valence-electron chi connectivity index (χ3n) is 2.61. The van der Waals surface area contributed by atoms with Gasteiger partial charge in [0.05, 0.1) is 0 Å². The molecule has 2 heteroatoms. The van der Waals surface area contributed by atoms with Crippen LogP contribution in [0.3, 0.4) is 0 Å². The number of nitrogens with zero attached hydrogens (tertiary/aromatic N) is 1. The second-order valence-electron chi connectivity index (χ2n) is 3.99. The van der Waals surface area contributed by atoms with Crippen molar-refractivity contribution in [2.75, 3.05) is 25.5 Å². The Hall–Kier alpha value is -1.02. The summed E-state index contributed by atoms with van der Waals surface area (Å²) < 4.78 is 0. The Morgan fingerprint density at radius 2 is 1.86 bits per heavy atom. The highest BCUT2D eigenvalue weighted by atomic mass is 15.1. The predicted molar refractivity (Wildman–Crippen MR) is 63.0 cm³/mol. The summed E-state index contributed by atoms with van der Waals surface area (Å²) in [6.45, 7) is 5.04. The molecule has 0 unspecified atom stereocenters. The average molecular weight is 192 g/mol. The molecule has 1 aromatic rings. The summed E-state index contributed by atoms with van der Waals surface area (Å²) in [7, 11) is 4.15. The summed E-state index contributed by atoms with van der Waals surface area (Å²) in [5.41, 5.74) is 10.9. The van der Waals surface area contributed by atoms with Crippen molar-refractivity contribution in [3.63, 3.8) is 0 Å². The number of hydrogen-bond donors (Lipinski definition) is 1. The summed E-state index contributed by atoms with van der Waals surface area (Å²) in [5, 5.41) is 0. The summed E-state index contributed by atoms with van der Waals surface area (Å²) in [5.74, 6) is 0. The maximum absolute atomic E-state index is 5.56. The van der Waals surface area contributed by atoms with E-state index in [-0.39, 0.29) is 0 Å². The first-order valence-electron chi connectivity index (χ1n) is 5.03. The molecule has 1 aromatic carbocycles. The standard InChI is InChI=1S/C12H20N2/c1-9-7-11(5-6-13)8-12(10(9)2)14(3)4/h7-8H,5-6,13H2,1-4H3. The second-order valence-corrected chi connectivity index (χ2v) is 3.99. The minimum atomic E-state index is 0.718. The topological polar surface area (TPSA) is 29.3 Å². The molecule has 0 atom stereocenters. The van der Waals surface area contributed by atoms with Crippen LogP contribution in [-0.2, 0) is 6.42 Å². The summed E-state index contributed by atoms with van der Waals surface area (Å²) in [6.07, 6.45) is 0.960. The molecule has 2 N–H and O–H groups in total. The van der Waals surface area contributed by atoms with Gasteiger partial charge in [-0.05, 0) is 49.6 Å². The van der Waals surface area contributed by atoms with E-state index >= 15 is 0 Å². The summed E-state index contributed by atoms with van der Waals surface area (Å²) in [6, 6.07) is 4.46. The van der Waals surface area contributed by atoms with Gasteiger partial charge in [0, 0.05) is 19.8 Å². The number of nitrogens with two attached hydrogens (primary N) is 1. The fourth-order valence-electron chi connectivity index (χ4n) is 1.69. The molecule has 2 nitrogen and oxygen atoms in total. The van der Waals surface area contributed by atoms with Crippen LogP contribution in [0.25, 0.3) is 0 Å². The van der Waals surface area contributed by atoms with Crippen LogP contribution in [-0.4, -0.2) is 20.6 Å². The molecule has 78 valence electrons. The smallest absolute Gasteiger partial charge is 0.0396 e. The van der Waals surface area contributed by atoms with Gasteiger partial charge in [0.2, 0.25) is 0 Å². The van der Waals surface area contributed by atoms with Gasteiger partial charge in [-0.2, -0.15) is 0 Å². The van der Waals surface area contributed by atoms with Crippen LogP contribution in [0, 0.1) is 13.8 Å². The van der Waals surface area contributed by atoms with E-state index < -0.39 is 0 Å².